The number of benzene rings is 2. The summed E-state index contributed by atoms with van der Waals surface area (Å²) in [5.41, 5.74) is 3.17. The number of oxazole rings is 1. The van der Waals surface area contributed by atoms with E-state index in [-0.39, 0.29) is 24.3 Å². The van der Waals surface area contributed by atoms with Crippen LogP contribution in [-0.2, 0) is 4.79 Å². The van der Waals surface area contributed by atoms with E-state index < -0.39 is 0 Å². The molecular formula is C22H23N3O3. The van der Waals surface area contributed by atoms with Gasteiger partial charge in [0.1, 0.15) is 5.52 Å². The molecular weight excluding hydrogens is 354 g/mol. The number of piperidine rings is 1. The Morgan fingerprint density at radius 2 is 1.82 bits per heavy atom. The maximum absolute atomic E-state index is 12.5. The van der Waals surface area contributed by atoms with Gasteiger partial charge in [0.25, 0.3) is 5.91 Å². The van der Waals surface area contributed by atoms with E-state index in [0.29, 0.717) is 18.7 Å². The highest BCUT2D eigenvalue weighted by Crippen LogP contribution is 2.29. The second kappa shape index (κ2) is 7.84. The minimum absolute atomic E-state index is 0.0146. The van der Waals surface area contributed by atoms with Crippen molar-refractivity contribution in [1.82, 2.24) is 15.2 Å². The number of likely N-dealkylation sites (tertiary alicyclic amines) is 1. The standard InChI is InChI=1S/C22H23N3O3/c1-15-6-2-3-7-17(15)21(27)23-14-20(26)25-12-10-16(11-13-25)22-24-18-8-4-5-9-19(18)28-22/h2-9,16H,10-14H2,1H3,(H,23,27). The third-order valence-corrected chi connectivity index (χ3v) is 5.30. The van der Waals surface area contributed by atoms with Crippen LogP contribution in [0.15, 0.2) is 52.9 Å². The summed E-state index contributed by atoms with van der Waals surface area (Å²) in [5.74, 6) is 0.699. The number of hydrogen-bond acceptors (Lipinski definition) is 4. The van der Waals surface area contributed by atoms with Crippen molar-refractivity contribution in [2.24, 2.45) is 0 Å². The predicted molar refractivity (Wildman–Crippen MR) is 106 cm³/mol. The number of carbonyl (C=O) groups is 2. The van der Waals surface area contributed by atoms with Crippen LogP contribution in [0.5, 0.6) is 0 Å². The Kier molecular flexibility index (Phi) is 5.10. The Hall–Kier alpha value is -3.15. The number of amides is 2. The van der Waals surface area contributed by atoms with Crippen molar-refractivity contribution in [3.8, 4) is 0 Å². The summed E-state index contributed by atoms with van der Waals surface area (Å²) in [5, 5.41) is 2.74. The van der Waals surface area contributed by atoms with Crippen LogP contribution in [0.1, 0.15) is 40.6 Å². The Balaban J connectivity index is 1.30. The first-order chi connectivity index (χ1) is 13.6. The second-order valence-electron chi connectivity index (χ2n) is 7.17. The molecule has 144 valence electrons. The summed E-state index contributed by atoms with van der Waals surface area (Å²) in [6, 6.07) is 15.1. The van der Waals surface area contributed by atoms with Crippen LogP contribution >= 0.6 is 0 Å². The number of nitrogens with zero attached hydrogens (tertiary/aromatic N) is 2. The van der Waals surface area contributed by atoms with Crippen LogP contribution in [0.25, 0.3) is 11.1 Å². The lowest BCUT2D eigenvalue weighted by Gasteiger charge is -2.30. The Labute approximate surface area is 163 Å². The van der Waals surface area contributed by atoms with Gasteiger partial charge in [0.2, 0.25) is 5.91 Å². The molecule has 6 nitrogen and oxygen atoms in total. The number of hydrogen-bond donors (Lipinski definition) is 1. The van der Waals surface area contributed by atoms with E-state index in [2.05, 4.69) is 10.3 Å². The van der Waals surface area contributed by atoms with Gasteiger partial charge in [-0.05, 0) is 43.5 Å². The lowest BCUT2D eigenvalue weighted by molar-refractivity contribution is -0.131. The van der Waals surface area contributed by atoms with E-state index >= 15 is 0 Å². The summed E-state index contributed by atoms with van der Waals surface area (Å²) in [6.45, 7) is 3.18. The van der Waals surface area contributed by atoms with Gasteiger partial charge in [0.15, 0.2) is 11.5 Å². The molecule has 2 heterocycles. The van der Waals surface area contributed by atoms with Crippen LogP contribution in [0.2, 0.25) is 0 Å². The fraction of sp³-hybridized carbons (Fsp3) is 0.318. The highest BCUT2D eigenvalue weighted by molar-refractivity contribution is 5.97. The Morgan fingerprint density at radius 1 is 1.11 bits per heavy atom. The maximum Gasteiger partial charge on any atom is 0.251 e. The number of aromatic nitrogens is 1. The maximum atomic E-state index is 12.5. The van der Waals surface area contributed by atoms with Gasteiger partial charge in [-0.15, -0.1) is 0 Å². The molecule has 6 heteroatoms. The molecule has 0 atom stereocenters. The number of aryl methyl sites for hydroxylation is 1. The molecule has 1 aromatic heterocycles. The molecule has 2 amide bonds. The van der Waals surface area contributed by atoms with Gasteiger partial charge in [-0.3, -0.25) is 9.59 Å². The summed E-state index contributed by atoms with van der Waals surface area (Å²) in [4.78, 5) is 31.1. The summed E-state index contributed by atoms with van der Waals surface area (Å²) in [7, 11) is 0. The predicted octanol–water partition coefficient (Wildman–Crippen LogP) is 3.27. The Bertz CT molecular complexity index is 970. The van der Waals surface area contributed by atoms with Crippen molar-refractivity contribution in [3.63, 3.8) is 0 Å². The fourth-order valence-corrected chi connectivity index (χ4v) is 3.63. The zero-order valence-corrected chi connectivity index (χ0v) is 15.9. The highest BCUT2D eigenvalue weighted by atomic mass is 16.3. The van der Waals surface area contributed by atoms with Crippen molar-refractivity contribution in [2.45, 2.75) is 25.7 Å². The van der Waals surface area contributed by atoms with E-state index in [4.69, 9.17) is 4.42 Å². The number of fused-ring (bicyclic) bond motifs is 1. The third-order valence-electron chi connectivity index (χ3n) is 5.30. The molecule has 0 spiro atoms. The fourth-order valence-electron chi connectivity index (χ4n) is 3.63. The quantitative estimate of drug-likeness (QED) is 0.757. The van der Waals surface area contributed by atoms with Gasteiger partial charge in [-0.25, -0.2) is 4.98 Å². The summed E-state index contributed by atoms with van der Waals surface area (Å²) < 4.78 is 5.87. The van der Waals surface area contributed by atoms with Crippen LogP contribution < -0.4 is 5.32 Å². The number of nitrogens with one attached hydrogen (secondary N) is 1. The molecule has 0 unspecified atom stereocenters. The van der Waals surface area contributed by atoms with Gasteiger partial charge >= 0.3 is 0 Å². The van der Waals surface area contributed by atoms with E-state index in [0.717, 1.165) is 35.4 Å². The molecule has 0 aliphatic carbocycles. The molecule has 3 aromatic rings. The van der Waals surface area contributed by atoms with Crippen LogP contribution in [0, 0.1) is 6.92 Å². The van der Waals surface area contributed by atoms with E-state index in [1.54, 1.807) is 11.0 Å². The van der Waals surface area contributed by atoms with Gasteiger partial charge in [-0.2, -0.15) is 0 Å². The number of para-hydroxylation sites is 2. The number of carbonyl (C=O) groups excluding carboxylic acids is 2. The van der Waals surface area contributed by atoms with Crippen LogP contribution in [-0.4, -0.2) is 41.3 Å². The zero-order valence-electron chi connectivity index (χ0n) is 15.9. The molecule has 28 heavy (non-hydrogen) atoms. The highest BCUT2D eigenvalue weighted by Gasteiger charge is 2.27. The molecule has 1 saturated heterocycles. The first-order valence-electron chi connectivity index (χ1n) is 9.59. The normalized spacial score (nSPS) is 15.0. The van der Waals surface area contributed by atoms with Crippen molar-refractivity contribution in [3.05, 3.63) is 65.5 Å². The van der Waals surface area contributed by atoms with Gasteiger partial charge in [-0.1, -0.05) is 30.3 Å². The monoisotopic (exact) mass is 377 g/mol. The molecule has 0 radical (unpaired) electrons. The minimum atomic E-state index is -0.215. The zero-order chi connectivity index (χ0) is 19.5. The largest absolute Gasteiger partial charge is 0.440 e. The molecule has 0 saturated carbocycles. The molecule has 1 aliphatic rings. The van der Waals surface area contributed by atoms with Gasteiger partial charge in [0.05, 0.1) is 6.54 Å². The molecule has 0 bridgehead atoms. The first-order valence-corrected chi connectivity index (χ1v) is 9.59. The SMILES string of the molecule is Cc1ccccc1C(=O)NCC(=O)N1CCC(c2nc3ccccc3o2)CC1. The van der Waals surface area contributed by atoms with E-state index in [1.807, 2.05) is 49.4 Å². The van der Waals surface area contributed by atoms with Crippen LogP contribution in [0.3, 0.4) is 0 Å². The average Bonchev–Trinajstić information content (AvgIpc) is 3.16. The lowest BCUT2D eigenvalue weighted by atomic mass is 9.97. The van der Waals surface area contributed by atoms with Crippen LogP contribution in [0.4, 0.5) is 0 Å². The van der Waals surface area contributed by atoms with Crippen molar-refractivity contribution in [2.75, 3.05) is 19.6 Å². The smallest absolute Gasteiger partial charge is 0.251 e. The average molecular weight is 377 g/mol. The third kappa shape index (κ3) is 3.76. The summed E-state index contributed by atoms with van der Waals surface area (Å²) in [6.07, 6.45) is 1.62. The molecule has 4 rings (SSSR count). The molecule has 1 aliphatic heterocycles. The minimum Gasteiger partial charge on any atom is -0.440 e. The molecule has 2 aromatic carbocycles. The molecule has 1 N–H and O–H groups in total. The van der Waals surface area contributed by atoms with E-state index in [1.165, 1.54) is 0 Å². The van der Waals surface area contributed by atoms with Crippen molar-refractivity contribution >= 4 is 22.9 Å². The van der Waals surface area contributed by atoms with Gasteiger partial charge in [0, 0.05) is 24.6 Å². The first kappa shape index (κ1) is 18.2. The van der Waals surface area contributed by atoms with Crippen molar-refractivity contribution in [1.29, 1.82) is 0 Å². The molecule has 1 fully saturated rings. The Morgan fingerprint density at radius 3 is 2.57 bits per heavy atom. The van der Waals surface area contributed by atoms with Gasteiger partial charge < -0.3 is 14.6 Å². The second-order valence-corrected chi connectivity index (χ2v) is 7.17. The van der Waals surface area contributed by atoms with Crippen molar-refractivity contribution < 1.29 is 14.0 Å². The van der Waals surface area contributed by atoms with E-state index in [9.17, 15) is 9.59 Å². The topological polar surface area (TPSA) is 75.4 Å². The number of rotatable bonds is 4. The lowest BCUT2D eigenvalue weighted by Crippen LogP contribution is -2.43. The summed E-state index contributed by atoms with van der Waals surface area (Å²) >= 11 is 0.